The summed E-state index contributed by atoms with van der Waals surface area (Å²) < 4.78 is 16.8. The molecule has 6 nitrogen and oxygen atoms in total. The first-order valence-electron chi connectivity index (χ1n) is 8.92. The molecule has 0 aromatic carbocycles. The Morgan fingerprint density at radius 3 is 2.62 bits per heavy atom. The topological polar surface area (TPSA) is 64.1 Å². The van der Waals surface area contributed by atoms with Gasteiger partial charge in [-0.2, -0.15) is 0 Å². The van der Waals surface area contributed by atoms with Crippen molar-refractivity contribution in [2.24, 2.45) is 10.9 Å². The van der Waals surface area contributed by atoms with Gasteiger partial charge in [0.05, 0.1) is 18.8 Å². The summed E-state index contributed by atoms with van der Waals surface area (Å²) in [6.07, 6.45) is 3.56. The Balaban J connectivity index is 0.00000529. The lowest BCUT2D eigenvalue weighted by molar-refractivity contribution is 0.0258. The molecule has 1 aliphatic heterocycles. The Morgan fingerprint density at radius 1 is 1.29 bits per heavy atom. The van der Waals surface area contributed by atoms with Crippen LogP contribution >= 0.6 is 24.0 Å². The number of hydrogen-bond acceptors (Lipinski definition) is 4. The molecule has 2 atom stereocenters. The summed E-state index contributed by atoms with van der Waals surface area (Å²) in [5.41, 5.74) is 0. The summed E-state index contributed by atoms with van der Waals surface area (Å²) in [4.78, 5) is 4.24. The first-order valence-corrected chi connectivity index (χ1v) is 8.92. The summed E-state index contributed by atoms with van der Waals surface area (Å²) in [6, 6.07) is 0. The van der Waals surface area contributed by atoms with E-state index in [1.165, 1.54) is 0 Å². The van der Waals surface area contributed by atoms with Crippen LogP contribution in [0.15, 0.2) is 4.99 Å². The predicted octanol–water partition coefficient (Wildman–Crippen LogP) is 2.42. The van der Waals surface area contributed by atoms with Crippen LogP contribution in [0.25, 0.3) is 0 Å². The fraction of sp³-hybridized carbons (Fsp3) is 0.941. The first-order chi connectivity index (χ1) is 11.2. The molecule has 1 saturated heterocycles. The zero-order valence-electron chi connectivity index (χ0n) is 15.7. The summed E-state index contributed by atoms with van der Waals surface area (Å²) in [7, 11) is 1.80. The van der Waals surface area contributed by atoms with Gasteiger partial charge in [0.1, 0.15) is 0 Å². The van der Waals surface area contributed by atoms with E-state index in [-0.39, 0.29) is 24.0 Å². The largest absolute Gasteiger partial charge is 0.379 e. The molecule has 1 heterocycles. The van der Waals surface area contributed by atoms with E-state index in [4.69, 9.17) is 14.2 Å². The minimum Gasteiger partial charge on any atom is -0.379 e. The van der Waals surface area contributed by atoms with Crippen LogP contribution in [0, 0.1) is 5.92 Å². The number of nitrogens with zero attached hydrogens (tertiary/aromatic N) is 1. The quantitative estimate of drug-likeness (QED) is 0.216. The van der Waals surface area contributed by atoms with Crippen molar-refractivity contribution in [1.82, 2.24) is 10.6 Å². The third-order valence-corrected chi connectivity index (χ3v) is 3.92. The van der Waals surface area contributed by atoms with Crippen LogP contribution < -0.4 is 10.6 Å². The Morgan fingerprint density at radius 2 is 2.04 bits per heavy atom. The van der Waals surface area contributed by atoms with Gasteiger partial charge in [0, 0.05) is 40.0 Å². The van der Waals surface area contributed by atoms with Crippen molar-refractivity contribution in [3.8, 4) is 0 Å². The van der Waals surface area contributed by atoms with Crippen LogP contribution in [0.5, 0.6) is 0 Å². The molecule has 2 N–H and O–H groups in total. The molecule has 0 aromatic rings. The van der Waals surface area contributed by atoms with Crippen LogP contribution in [-0.2, 0) is 14.2 Å². The molecule has 7 heteroatoms. The summed E-state index contributed by atoms with van der Waals surface area (Å²) in [6.45, 7) is 11.3. The van der Waals surface area contributed by atoms with Crippen molar-refractivity contribution in [1.29, 1.82) is 0 Å². The maximum atomic E-state index is 5.75. The average Bonchev–Trinajstić information content (AvgIpc) is 3.05. The van der Waals surface area contributed by atoms with E-state index in [1.807, 2.05) is 6.92 Å². The van der Waals surface area contributed by atoms with E-state index in [2.05, 4.69) is 29.5 Å². The lowest BCUT2D eigenvalue weighted by Crippen LogP contribution is -2.40. The van der Waals surface area contributed by atoms with Crippen molar-refractivity contribution < 1.29 is 14.2 Å². The molecule has 0 amide bonds. The van der Waals surface area contributed by atoms with E-state index in [0.717, 1.165) is 64.7 Å². The van der Waals surface area contributed by atoms with E-state index >= 15 is 0 Å². The monoisotopic (exact) mass is 457 g/mol. The molecule has 0 radical (unpaired) electrons. The van der Waals surface area contributed by atoms with E-state index in [0.29, 0.717) is 18.1 Å². The second kappa shape index (κ2) is 15.2. The number of halogens is 1. The molecule has 24 heavy (non-hydrogen) atoms. The van der Waals surface area contributed by atoms with E-state index in [9.17, 15) is 0 Å². The van der Waals surface area contributed by atoms with Gasteiger partial charge >= 0.3 is 0 Å². The van der Waals surface area contributed by atoms with Crippen molar-refractivity contribution in [3.05, 3.63) is 0 Å². The fourth-order valence-corrected chi connectivity index (χ4v) is 2.55. The summed E-state index contributed by atoms with van der Waals surface area (Å²) >= 11 is 0. The number of guanidine groups is 1. The highest BCUT2D eigenvalue weighted by molar-refractivity contribution is 14.0. The molecule has 144 valence electrons. The van der Waals surface area contributed by atoms with Crippen LogP contribution in [0.1, 0.15) is 40.0 Å². The second-order valence-electron chi connectivity index (χ2n) is 6.16. The van der Waals surface area contributed by atoms with Crippen molar-refractivity contribution in [2.75, 3.05) is 46.6 Å². The van der Waals surface area contributed by atoms with Gasteiger partial charge in [-0.25, -0.2) is 0 Å². The smallest absolute Gasteiger partial charge is 0.190 e. The number of rotatable bonds is 11. The molecule has 1 fully saturated rings. The van der Waals surface area contributed by atoms with E-state index < -0.39 is 0 Å². The van der Waals surface area contributed by atoms with Crippen molar-refractivity contribution in [3.63, 3.8) is 0 Å². The van der Waals surface area contributed by atoms with Gasteiger partial charge in [0.2, 0.25) is 0 Å². The third kappa shape index (κ3) is 10.7. The standard InChI is InChI=1S/C17H35N3O3.HI/c1-5-22-16(14(2)3)7-10-20-17(18-4)19-9-6-11-23-15-8-12-21-13-15;/h14-16H,5-13H2,1-4H3,(H2,18,19,20);1H. The Hall–Kier alpha value is -0.120. The minimum atomic E-state index is 0. The number of ether oxygens (including phenoxy) is 3. The first kappa shape index (κ1) is 23.9. The molecule has 0 spiro atoms. The van der Waals surface area contributed by atoms with Crippen LogP contribution in [0.2, 0.25) is 0 Å². The molecular formula is C17H36IN3O3. The van der Waals surface area contributed by atoms with Crippen LogP contribution in [0.3, 0.4) is 0 Å². The average molecular weight is 457 g/mol. The highest BCUT2D eigenvalue weighted by atomic mass is 127. The summed E-state index contributed by atoms with van der Waals surface area (Å²) in [5, 5.41) is 6.66. The van der Waals surface area contributed by atoms with Gasteiger partial charge in [-0.1, -0.05) is 13.8 Å². The summed E-state index contributed by atoms with van der Waals surface area (Å²) in [5.74, 6) is 1.37. The Bertz CT molecular complexity index is 324. The highest BCUT2D eigenvalue weighted by Crippen LogP contribution is 2.10. The van der Waals surface area contributed by atoms with E-state index in [1.54, 1.807) is 7.05 Å². The Labute approximate surface area is 164 Å². The maximum Gasteiger partial charge on any atom is 0.190 e. The van der Waals surface area contributed by atoms with Crippen LogP contribution in [0.4, 0.5) is 0 Å². The molecule has 1 rings (SSSR count). The second-order valence-corrected chi connectivity index (χ2v) is 6.16. The predicted molar refractivity (Wildman–Crippen MR) is 109 cm³/mol. The zero-order chi connectivity index (χ0) is 16.9. The van der Waals surface area contributed by atoms with Gasteiger partial charge in [-0.05, 0) is 32.1 Å². The van der Waals surface area contributed by atoms with Crippen molar-refractivity contribution >= 4 is 29.9 Å². The molecule has 0 bridgehead atoms. The maximum absolute atomic E-state index is 5.75. The zero-order valence-corrected chi connectivity index (χ0v) is 18.0. The Kier molecular flexibility index (Phi) is 15.1. The SMILES string of the molecule is CCOC(CCNC(=NC)NCCCOC1CCOC1)C(C)C.I. The number of nitrogens with one attached hydrogen (secondary N) is 2. The lowest BCUT2D eigenvalue weighted by atomic mass is 10.0. The molecule has 1 aliphatic rings. The molecule has 0 aliphatic carbocycles. The van der Waals surface area contributed by atoms with Gasteiger partial charge in [0.15, 0.2) is 5.96 Å². The third-order valence-electron chi connectivity index (χ3n) is 3.92. The number of aliphatic imine (C=N–C) groups is 1. The number of hydrogen-bond donors (Lipinski definition) is 2. The van der Waals surface area contributed by atoms with Gasteiger partial charge in [-0.3, -0.25) is 4.99 Å². The molecule has 0 saturated carbocycles. The highest BCUT2D eigenvalue weighted by Gasteiger charge is 2.15. The molecular weight excluding hydrogens is 421 g/mol. The van der Waals surface area contributed by atoms with Crippen molar-refractivity contribution in [2.45, 2.75) is 52.2 Å². The van der Waals surface area contributed by atoms with Gasteiger partial charge in [0.25, 0.3) is 0 Å². The molecule has 0 aromatic heterocycles. The molecule has 2 unspecified atom stereocenters. The lowest BCUT2D eigenvalue weighted by Gasteiger charge is -2.21. The van der Waals surface area contributed by atoms with Gasteiger partial charge in [-0.15, -0.1) is 24.0 Å². The normalized spacial score (nSPS) is 19.2. The minimum absolute atomic E-state index is 0. The van der Waals surface area contributed by atoms with Crippen LogP contribution in [-0.4, -0.2) is 64.7 Å². The van der Waals surface area contributed by atoms with Gasteiger partial charge < -0.3 is 24.8 Å². The fourth-order valence-electron chi connectivity index (χ4n) is 2.55.